The fraction of sp³-hybridized carbons (Fsp3) is 0.500. The minimum Gasteiger partial charge on any atom is -0.550 e. The number of rotatable bonds is 10. The molecular formula is C16H21BiN6O7S. The first-order valence-electron chi connectivity index (χ1n) is 8.30. The third-order valence-corrected chi connectivity index (χ3v) is 4.46. The summed E-state index contributed by atoms with van der Waals surface area (Å²) >= 11 is 1.70. The van der Waals surface area contributed by atoms with Crippen LogP contribution < -0.4 is 20.6 Å². The normalized spacial score (nSPS) is 9.87. The van der Waals surface area contributed by atoms with Crippen LogP contribution in [0.2, 0.25) is 0 Å². The number of aliphatic carboxylic acids is 3. The maximum absolute atomic E-state index is 10.1. The number of guanidine groups is 1. The van der Waals surface area contributed by atoms with E-state index in [9.17, 15) is 29.7 Å². The van der Waals surface area contributed by atoms with Crippen molar-refractivity contribution in [2.75, 3.05) is 19.3 Å². The molecule has 0 bridgehead atoms. The molecule has 0 atom stereocenters. The van der Waals surface area contributed by atoms with E-state index in [1.807, 2.05) is 13.1 Å². The Hall–Kier alpha value is -2.43. The molecular weight excluding hydrogens is 629 g/mol. The van der Waals surface area contributed by atoms with Crippen molar-refractivity contribution < 1.29 is 34.8 Å². The van der Waals surface area contributed by atoms with Gasteiger partial charge in [-0.25, -0.2) is 9.88 Å². The number of aromatic nitrogens is 2. The van der Waals surface area contributed by atoms with E-state index in [0.717, 1.165) is 22.9 Å². The number of aryl methyl sites for hydroxylation is 1. The van der Waals surface area contributed by atoms with E-state index < -0.39 is 36.4 Å². The van der Waals surface area contributed by atoms with Gasteiger partial charge in [-0.2, -0.15) is 17.0 Å². The van der Waals surface area contributed by atoms with Gasteiger partial charge in [0.15, 0.2) is 6.19 Å². The minimum absolute atomic E-state index is 0. The summed E-state index contributed by atoms with van der Waals surface area (Å²) in [4.78, 5) is 38.5. The predicted octanol–water partition coefficient (Wildman–Crippen LogP) is -4.74. The van der Waals surface area contributed by atoms with Gasteiger partial charge in [-0.3, -0.25) is 5.41 Å². The van der Waals surface area contributed by atoms with Crippen LogP contribution in [0.5, 0.6) is 0 Å². The van der Waals surface area contributed by atoms with Gasteiger partial charge in [0.05, 0.1) is 18.0 Å². The van der Waals surface area contributed by atoms with Crippen LogP contribution in [-0.4, -0.2) is 95.0 Å². The average molecular weight is 650 g/mol. The van der Waals surface area contributed by atoms with E-state index in [1.54, 1.807) is 25.1 Å². The summed E-state index contributed by atoms with van der Waals surface area (Å²) in [5.74, 6) is -4.25. The Balaban J connectivity index is 0. The number of carbonyl (C=O) groups is 3. The molecule has 1 rings (SSSR count). The van der Waals surface area contributed by atoms with Gasteiger partial charge in [-0.15, -0.1) is 0 Å². The van der Waals surface area contributed by atoms with E-state index >= 15 is 0 Å². The Bertz CT molecular complexity index is 782. The number of nitrogens with one attached hydrogen (secondary N) is 3. The number of hydrogen-bond donors (Lipinski definition) is 4. The molecule has 1 heterocycles. The Morgan fingerprint density at radius 1 is 1.35 bits per heavy atom. The Labute approximate surface area is 201 Å². The van der Waals surface area contributed by atoms with E-state index in [1.165, 1.54) is 4.90 Å². The number of H-pyrrole nitrogens is 1. The Morgan fingerprint density at radius 3 is 2.26 bits per heavy atom. The first kappa shape index (κ1) is 30.8. The largest absolute Gasteiger partial charge is 3.00 e. The van der Waals surface area contributed by atoms with Gasteiger partial charge in [0.25, 0.3) is 0 Å². The molecule has 0 aromatic carbocycles. The second-order valence-electron chi connectivity index (χ2n) is 5.79. The summed E-state index contributed by atoms with van der Waals surface area (Å²) in [6.45, 7) is 2.52. The number of aromatic amines is 1. The van der Waals surface area contributed by atoms with Gasteiger partial charge >= 0.3 is 26.2 Å². The van der Waals surface area contributed by atoms with Crippen LogP contribution in [0.1, 0.15) is 24.2 Å². The first-order valence-corrected chi connectivity index (χ1v) is 9.46. The van der Waals surface area contributed by atoms with Crippen LogP contribution in [0.4, 0.5) is 0 Å². The van der Waals surface area contributed by atoms with Crippen molar-refractivity contribution >= 4 is 61.8 Å². The van der Waals surface area contributed by atoms with Crippen molar-refractivity contribution in [1.82, 2.24) is 20.2 Å². The molecule has 0 fully saturated rings. The molecule has 0 aliphatic carbocycles. The fourth-order valence-corrected chi connectivity index (χ4v) is 2.83. The van der Waals surface area contributed by atoms with Crippen molar-refractivity contribution in [2.45, 2.75) is 31.1 Å². The van der Waals surface area contributed by atoms with Crippen molar-refractivity contribution in [2.24, 2.45) is 0 Å². The smallest absolute Gasteiger partial charge is 0.550 e. The number of imidazole rings is 1. The summed E-state index contributed by atoms with van der Waals surface area (Å²) in [5, 5.41) is 57.9. The summed E-state index contributed by atoms with van der Waals surface area (Å²) in [5.41, 5.74) is -0.850. The number of nitriles is 1. The number of aliphatic hydroxyl groups is 1. The second-order valence-corrected chi connectivity index (χ2v) is 6.90. The predicted molar refractivity (Wildman–Crippen MR) is 104 cm³/mol. The molecule has 0 unspecified atom stereocenters. The van der Waals surface area contributed by atoms with Crippen molar-refractivity contribution in [3.8, 4) is 6.19 Å². The van der Waals surface area contributed by atoms with Gasteiger partial charge in [0.2, 0.25) is 5.96 Å². The third-order valence-electron chi connectivity index (χ3n) is 3.51. The van der Waals surface area contributed by atoms with E-state index in [-0.39, 0.29) is 32.2 Å². The number of carboxylic acid groups (broad SMARTS) is 3. The number of hydrogen-bond acceptors (Lipinski definition) is 11. The molecule has 0 saturated carbocycles. The summed E-state index contributed by atoms with van der Waals surface area (Å²) in [6.07, 6.45) is 0.937. The number of carboxylic acids is 3. The molecule has 15 heteroatoms. The zero-order valence-corrected chi connectivity index (χ0v) is 21.0. The summed E-state index contributed by atoms with van der Waals surface area (Å²) < 4.78 is 0. The number of carbonyl (C=O) groups excluding carboxylic acids is 3. The van der Waals surface area contributed by atoms with E-state index in [0.29, 0.717) is 6.54 Å². The second kappa shape index (κ2) is 15.4. The molecule has 0 aliphatic rings. The molecule has 0 spiro atoms. The SMILES string of the molecule is CNC(=N)N(C#N)CCSCc1nc[nH]c1C.O=C([O-])CC(O)(CC(=O)[O-])C(=O)[O-].[Bi+3]. The monoisotopic (exact) mass is 650 g/mol. The van der Waals surface area contributed by atoms with Gasteiger partial charge in [-0.1, -0.05) is 0 Å². The van der Waals surface area contributed by atoms with Crippen LogP contribution in [0.15, 0.2) is 6.33 Å². The number of thioether (sulfide) groups is 1. The molecule has 13 nitrogen and oxygen atoms in total. The van der Waals surface area contributed by atoms with Crippen LogP contribution in [0.3, 0.4) is 0 Å². The zero-order chi connectivity index (χ0) is 23.3. The molecule has 168 valence electrons. The van der Waals surface area contributed by atoms with Crippen molar-refractivity contribution in [1.29, 1.82) is 10.7 Å². The van der Waals surface area contributed by atoms with Gasteiger partial charge in [-0.05, 0) is 6.92 Å². The minimum atomic E-state index is -2.97. The van der Waals surface area contributed by atoms with Crippen LogP contribution >= 0.6 is 11.8 Å². The third kappa shape index (κ3) is 12.1. The fourth-order valence-electron chi connectivity index (χ4n) is 1.89. The molecule has 31 heavy (non-hydrogen) atoms. The first-order chi connectivity index (χ1) is 14.0. The van der Waals surface area contributed by atoms with E-state index in [4.69, 9.17) is 15.8 Å². The number of nitrogens with zero attached hydrogens (tertiary/aromatic N) is 3. The standard InChI is InChI=1S/C10H16N6S.C6H8O7.Bi/c1-8-9(15-7-14-8)5-17-4-3-16(6-11)10(12)13-2;7-3(8)1-6(13,5(11)12)2-4(9)10;/h7H,3-5H2,1-2H3,(H2,12,13)(H,14,15);13H,1-2H2,(H,7,8)(H,9,10)(H,11,12);/q;;+3/p-3. The quantitative estimate of drug-likeness (QED) is 0.0467. The zero-order valence-electron chi connectivity index (χ0n) is 16.7. The van der Waals surface area contributed by atoms with Crippen LogP contribution in [0, 0.1) is 23.8 Å². The van der Waals surface area contributed by atoms with Crippen molar-refractivity contribution in [3.05, 3.63) is 17.7 Å². The molecule has 0 saturated heterocycles. The molecule has 0 amide bonds. The molecule has 4 N–H and O–H groups in total. The molecule has 2 radical (unpaired) electrons. The van der Waals surface area contributed by atoms with E-state index in [2.05, 4.69) is 15.3 Å². The summed E-state index contributed by atoms with van der Waals surface area (Å²) in [6, 6.07) is 0. The van der Waals surface area contributed by atoms with Gasteiger partial charge < -0.3 is 45.1 Å². The summed E-state index contributed by atoms with van der Waals surface area (Å²) in [7, 11) is 1.63. The topological polar surface area (TPSA) is 232 Å². The Morgan fingerprint density at radius 2 is 1.90 bits per heavy atom. The maximum atomic E-state index is 10.1. The van der Waals surface area contributed by atoms with Crippen LogP contribution in [-0.2, 0) is 20.1 Å². The van der Waals surface area contributed by atoms with Gasteiger partial charge in [0.1, 0.15) is 5.60 Å². The van der Waals surface area contributed by atoms with Gasteiger partial charge in [0, 0.05) is 55.6 Å². The maximum Gasteiger partial charge on any atom is 3.00 e. The van der Waals surface area contributed by atoms with Crippen molar-refractivity contribution in [3.63, 3.8) is 0 Å². The van der Waals surface area contributed by atoms with Crippen LogP contribution in [0.25, 0.3) is 0 Å². The molecule has 0 aliphatic heterocycles. The Kier molecular flexibility index (Phi) is 15.3. The molecule has 1 aromatic rings. The molecule has 1 aromatic heterocycles. The average Bonchev–Trinajstić information content (AvgIpc) is 3.05.